The second kappa shape index (κ2) is 4.00. The van der Waals surface area contributed by atoms with E-state index in [1.807, 2.05) is 0 Å². The molecule has 1 heterocycles. The van der Waals surface area contributed by atoms with Crippen molar-refractivity contribution in [1.29, 1.82) is 0 Å². The van der Waals surface area contributed by atoms with Gasteiger partial charge in [-0.05, 0) is 34.5 Å². The largest absolute Gasteiger partial charge is 0.478 e. The molecule has 0 atom stereocenters. The number of aromatic carboxylic acids is 1. The van der Waals surface area contributed by atoms with Crippen molar-refractivity contribution in [3.05, 3.63) is 27.5 Å². The lowest BCUT2D eigenvalue weighted by Gasteiger charge is -2.06. The highest BCUT2D eigenvalue weighted by molar-refractivity contribution is 9.10. The molecular weight excluding hydrogens is 260 g/mol. The van der Waals surface area contributed by atoms with Crippen LogP contribution < -0.4 is 0 Å². The molecule has 1 aromatic rings. The Balaban J connectivity index is 3.31. The van der Waals surface area contributed by atoms with Gasteiger partial charge < -0.3 is 5.11 Å². The lowest BCUT2D eigenvalue weighted by molar-refractivity contribution is 0.0694. The van der Waals surface area contributed by atoms with Gasteiger partial charge in [-0.2, -0.15) is 0 Å². The van der Waals surface area contributed by atoms with Crippen LogP contribution in [0.25, 0.3) is 0 Å². The fourth-order valence-corrected chi connectivity index (χ4v) is 1.45. The zero-order valence-corrected chi connectivity index (χ0v) is 8.68. The van der Waals surface area contributed by atoms with Crippen LogP contribution in [0.15, 0.2) is 10.7 Å². The third-order valence-electron chi connectivity index (χ3n) is 1.64. The molecule has 0 saturated heterocycles. The van der Waals surface area contributed by atoms with E-state index in [2.05, 4.69) is 20.9 Å². The summed E-state index contributed by atoms with van der Waals surface area (Å²) in [6, 6.07) is 1.17. The minimum absolute atomic E-state index is 0.0779. The average molecular weight is 266 g/mol. The molecule has 0 saturated carbocycles. The van der Waals surface area contributed by atoms with Crippen LogP contribution >= 0.6 is 15.9 Å². The minimum atomic E-state index is -2.70. The maximum Gasteiger partial charge on any atom is 0.338 e. The van der Waals surface area contributed by atoms with Crippen molar-refractivity contribution in [2.45, 2.75) is 13.3 Å². The van der Waals surface area contributed by atoms with Crippen LogP contribution in [-0.2, 0) is 0 Å². The van der Waals surface area contributed by atoms with E-state index in [4.69, 9.17) is 5.11 Å². The second-order valence-corrected chi connectivity index (χ2v) is 3.39. The SMILES string of the molecule is Cc1cc(C(=O)O)c(Br)nc1C(F)F. The van der Waals surface area contributed by atoms with E-state index < -0.39 is 18.1 Å². The Morgan fingerprint density at radius 1 is 1.64 bits per heavy atom. The Kier molecular flexibility index (Phi) is 3.15. The van der Waals surface area contributed by atoms with Crippen LogP contribution in [0.5, 0.6) is 0 Å². The van der Waals surface area contributed by atoms with Crippen LogP contribution in [0.4, 0.5) is 8.78 Å². The molecule has 0 aliphatic carbocycles. The van der Waals surface area contributed by atoms with E-state index in [1.165, 1.54) is 13.0 Å². The van der Waals surface area contributed by atoms with Crippen molar-refractivity contribution in [3.8, 4) is 0 Å². The normalized spacial score (nSPS) is 10.6. The van der Waals surface area contributed by atoms with Gasteiger partial charge in [0, 0.05) is 0 Å². The number of carboxylic acid groups (broad SMARTS) is 1. The summed E-state index contributed by atoms with van der Waals surface area (Å²) >= 11 is 2.82. The average Bonchev–Trinajstić information content (AvgIpc) is 2.07. The number of aromatic nitrogens is 1. The molecule has 0 unspecified atom stereocenters. The maximum absolute atomic E-state index is 12.3. The molecule has 3 nitrogen and oxygen atoms in total. The monoisotopic (exact) mass is 265 g/mol. The summed E-state index contributed by atoms with van der Waals surface area (Å²) in [5.74, 6) is -1.20. The predicted molar refractivity (Wildman–Crippen MR) is 48.6 cm³/mol. The Morgan fingerprint density at radius 2 is 2.21 bits per heavy atom. The predicted octanol–water partition coefficient (Wildman–Crippen LogP) is 2.79. The summed E-state index contributed by atoms with van der Waals surface area (Å²) in [7, 11) is 0. The highest BCUT2D eigenvalue weighted by Crippen LogP contribution is 2.25. The van der Waals surface area contributed by atoms with Gasteiger partial charge in [0.25, 0.3) is 6.43 Å². The summed E-state index contributed by atoms with van der Waals surface area (Å²) in [5.41, 5.74) is -0.352. The van der Waals surface area contributed by atoms with Crippen LogP contribution in [0.2, 0.25) is 0 Å². The Hall–Kier alpha value is -1.04. The fourth-order valence-electron chi connectivity index (χ4n) is 0.975. The topological polar surface area (TPSA) is 50.2 Å². The number of pyridine rings is 1. The summed E-state index contributed by atoms with van der Waals surface area (Å²) in [4.78, 5) is 14.1. The molecule has 0 aliphatic rings. The third kappa shape index (κ3) is 2.06. The minimum Gasteiger partial charge on any atom is -0.478 e. The highest BCUT2D eigenvalue weighted by Gasteiger charge is 2.18. The first kappa shape index (κ1) is 11.0. The lowest BCUT2D eigenvalue weighted by atomic mass is 10.1. The first-order valence-corrected chi connectivity index (χ1v) is 4.41. The van der Waals surface area contributed by atoms with Gasteiger partial charge in [-0.1, -0.05) is 0 Å². The van der Waals surface area contributed by atoms with Crippen LogP contribution in [0.1, 0.15) is 28.0 Å². The number of carbonyl (C=O) groups is 1. The number of hydrogen-bond acceptors (Lipinski definition) is 2. The first-order valence-electron chi connectivity index (χ1n) is 3.62. The summed E-state index contributed by atoms with van der Waals surface area (Å²) < 4.78 is 24.5. The van der Waals surface area contributed by atoms with Crippen molar-refractivity contribution < 1.29 is 18.7 Å². The third-order valence-corrected chi connectivity index (χ3v) is 2.25. The lowest BCUT2D eigenvalue weighted by Crippen LogP contribution is -2.04. The van der Waals surface area contributed by atoms with Gasteiger partial charge in [0.15, 0.2) is 0 Å². The van der Waals surface area contributed by atoms with Gasteiger partial charge in [-0.25, -0.2) is 18.6 Å². The molecule has 0 amide bonds. The van der Waals surface area contributed by atoms with Crippen molar-refractivity contribution in [3.63, 3.8) is 0 Å². The van der Waals surface area contributed by atoms with Gasteiger partial charge in [0.2, 0.25) is 0 Å². The molecule has 14 heavy (non-hydrogen) atoms. The Labute approximate surface area is 86.9 Å². The van der Waals surface area contributed by atoms with Crippen LogP contribution in [0.3, 0.4) is 0 Å². The molecule has 0 radical (unpaired) electrons. The first-order chi connectivity index (χ1) is 6.43. The van der Waals surface area contributed by atoms with Crippen molar-refractivity contribution in [2.24, 2.45) is 0 Å². The number of halogens is 3. The summed E-state index contributed by atoms with van der Waals surface area (Å²) in [5, 5.41) is 8.66. The molecule has 1 rings (SSSR count). The highest BCUT2D eigenvalue weighted by atomic mass is 79.9. The number of rotatable bonds is 2. The van der Waals surface area contributed by atoms with Crippen LogP contribution in [0, 0.1) is 6.92 Å². The molecule has 0 aliphatic heterocycles. The quantitative estimate of drug-likeness (QED) is 0.837. The van der Waals surface area contributed by atoms with Gasteiger partial charge in [-0.3, -0.25) is 0 Å². The molecular formula is C8H6BrF2NO2. The summed E-state index contributed by atoms with van der Waals surface area (Å²) in [6.45, 7) is 1.40. The van der Waals surface area contributed by atoms with E-state index in [0.29, 0.717) is 0 Å². The molecule has 6 heteroatoms. The zero-order chi connectivity index (χ0) is 10.9. The number of carboxylic acids is 1. The van der Waals surface area contributed by atoms with E-state index >= 15 is 0 Å². The van der Waals surface area contributed by atoms with Crippen molar-refractivity contribution >= 4 is 21.9 Å². The molecule has 1 N–H and O–H groups in total. The number of nitrogens with zero attached hydrogens (tertiary/aromatic N) is 1. The second-order valence-electron chi connectivity index (χ2n) is 2.63. The molecule has 0 fully saturated rings. The molecule has 0 aromatic carbocycles. The van der Waals surface area contributed by atoms with E-state index in [-0.39, 0.29) is 15.7 Å². The number of aryl methyl sites for hydroxylation is 1. The maximum atomic E-state index is 12.3. The molecule has 0 spiro atoms. The zero-order valence-electron chi connectivity index (χ0n) is 7.09. The standard InChI is InChI=1S/C8H6BrF2NO2/c1-3-2-4(8(13)14)6(9)12-5(3)7(10)11/h2,7H,1H3,(H,13,14). The Bertz CT molecular complexity index is 382. The number of alkyl halides is 2. The Morgan fingerprint density at radius 3 is 2.64 bits per heavy atom. The van der Waals surface area contributed by atoms with Crippen molar-refractivity contribution in [2.75, 3.05) is 0 Å². The smallest absolute Gasteiger partial charge is 0.338 e. The van der Waals surface area contributed by atoms with Gasteiger partial charge in [0.05, 0.1) is 5.56 Å². The van der Waals surface area contributed by atoms with Gasteiger partial charge in [0.1, 0.15) is 10.3 Å². The molecule has 0 bridgehead atoms. The van der Waals surface area contributed by atoms with Crippen LogP contribution in [-0.4, -0.2) is 16.1 Å². The van der Waals surface area contributed by atoms with E-state index in [0.717, 1.165) is 0 Å². The fraction of sp³-hybridized carbons (Fsp3) is 0.250. The molecule has 1 aromatic heterocycles. The van der Waals surface area contributed by atoms with E-state index in [9.17, 15) is 13.6 Å². The number of hydrogen-bond donors (Lipinski definition) is 1. The van der Waals surface area contributed by atoms with Gasteiger partial charge >= 0.3 is 5.97 Å². The summed E-state index contributed by atoms with van der Waals surface area (Å²) in [6.07, 6.45) is -2.70. The molecule has 76 valence electrons. The van der Waals surface area contributed by atoms with E-state index in [1.54, 1.807) is 0 Å². The van der Waals surface area contributed by atoms with Gasteiger partial charge in [-0.15, -0.1) is 0 Å². The van der Waals surface area contributed by atoms with Crippen molar-refractivity contribution in [1.82, 2.24) is 4.98 Å².